The SMILES string of the molecule is CC(C)CC(CN)Nc1ccc2nnnn2n1. The van der Waals surface area contributed by atoms with Gasteiger partial charge in [0, 0.05) is 12.6 Å². The van der Waals surface area contributed by atoms with Crippen LogP contribution in [0.3, 0.4) is 0 Å². The highest BCUT2D eigenvalue weighted by Crippen LogP contribution is 2.10. The molecule has 0 radical (unpaired) electrons. The lowest BCUT2D eigenvalue weighted by atomic mass is 10.0. The molecule has 17 heavy (non-hydrogen) atoms. The minimum absolute atomic E-state index is 0.219. The normalized spacial score (nSPS) is 13.2. The van der Waals surface area contributed by atoms with Crippen molar-refractivity contribution in [2.45, 2.75) is 26.3 Å². The molecule has 0 spiro atoms. The van der Waals surface area contributed by atoms with Crippen molar-refractivity contribution in [2.75, 3.05) is 11.9 Å². The Labute approximate surface area is 99.4 Å². The van der Waals surface area contributed by atoms with Gasteiger partial charge in [-0.2, -0.15) is 0 Å². The van der Waals surface area contributed by atoms with Crippen LogP contribution in [0.5, 0.6) is 0 Å². The molecule has 0 fully saturated rings. The molecule has 0 aliphatic heterocycles. The van der Waals surface area contributed by atoms with Crippen molar-refractivity contribution >= 4 is 11.5 Å². The third-order valence-corrected chi connectivity index (χ3v) is 2.46. The highest BCUT2D eigenvalue weighted by atomic mass is 15.6. The van der Waals surface area contributed by atoms with E-state index in [0.717, 1.165) is 12.2 Å². The highest BCUT2D eigenvalue weighted by molar-refractivity contribution is 5.42. The molecule has 0 aliphatic rings. The quantitative estimate of drug-likeness (QED) is 0.774. The maximum atomic E-state index is 5.72. The Hall–Kier alpha value is -1.76. The van der Waals surface area contributed by atoms with E-state index in [9.17, 15) is 0 Å². The van der Waals surface area contributed by atoms with Gasteiger partial charge in [-0.3, -0.25) is 0 Å². The van der Waals surface area contributed by atoms with Crippen molar-refractivity contribution in [3.05, 3.63) is 12.1 Å². The summed E-state index contributed by atoms with van der Waals surface area (Å²) in [6.45, 7) is 4.91. The van der Waals surface area contributed by atoms with Crippen LogP contribution in [0.25, 0.3) is 5.65 Å². The Morgan fingerprint density at radius 2 is 2.24 bits per heavy atom. The van der Waals surface area contributed by atoms with Crippen molar-refractivity contribution < 1.29 is 0 Å². The van der Waals surface area contributed by atoms with E-state index in [1.54, 1.807) is 0 Å². The van der Waals surface area contributed by atoms with Gasteiger partial charge in [-0.15, -0.1) is 14.8 Å². The van der Waals surface area contributed by atoms with Gasteiger partial charge in [-0.05, 0) is 34.9 Å². The number of hydrogen-bond donors (Lipinski definition) is 2. The molecule has 2 rings (SSSR count). The molecule has 1 unspecified atom stereocenters. The molecule has 0 saturated heterocycles. The topological polar surface area (TPSA) is 94.0 Å². The fourth-order valence-corrected chi connectivity index (χ4v) is 1.72. The first kappa shape index (κ1) is 11.7. The number of hydrogen-bond acceptors (Lipinski definition) is 6. The number of aromatic nitrogens is 5. The molecule has 0 saturated carbocycles. The number of nitrogens with one attached hydrogen (secondary N) is 1. The lowest BCUT2D eigenvalue weighted by Crippen LogP contribution is -2.30. The fourth-order valence-electron chi connectivity index (χ4n) is 1.72. The van der Waals surface area contributed by atoms with Crippen molar-refractivity contribution in [2.24, 2.45) is 11.7 Å². The minimum Gasteiger partial charge on any atom is -0.365 e. The van der Waals surface area contributed by atoms with Gasteiger partial charge in [0.25, 0.3) is 0 Å². The molecule has 2 heterocycles. The molecule has 1 atom stereocenters. The molecule has 0 bridgehead atoms. The zero-order valence-corrected chi connectivity index (χ0v) is 10.0. The molecule has 7 heteroatoms. The summed E-state index contributed by atoms with van der Waals surface area (Å²) in [6, 6.07) is 3.89. The molecule has 2 aromatic heterocycles. The van der Waals surface area contributed by atoms with E-state index in [1.165, 1.54) is 4.63 Å². The van der Waals surface area contributed by atoms with E-state index in [0.29, 0.717) is 18.1 Å². The van der Waals surface area contributed by atoms with Crippen LogP contribution in [0.1, 0.15) is 20.3 Å². The van der Waals surface area contributed by atoms with Gasteiger partial charge in [0.2, 0.25) is 0 Å². The van der Waals surface area contributed by atoms with Crippen molar-refractivity contribution in [3.63, 3.8) is 0 Å². The smallest absolute Gasteiger partial charge is 0.200 e. The van der Waals surface area contributed by atoms with E-state index in [-0.39, 0.29) is 6.04 Å². The molecule has 0 aromatic carbocycles. The van der Waals surface area contributed by atoms with E-state index in [2.05, 4.69) is 39.8 Å². The van der Waals surface area contributed by atoms with Crippen LogP contribution in [0.4, 0.5) is 5.82 Å². The summed E-state index contributed by atoms with van der Waals surface area (Å²) in [7, 11) is 0. The maximum Gasteiger partial charge on any atom is 0.200 e. The summed E-state index contributed by atoms with van der Waals surface area (Å²) in [6.07, 6.45) is 1.01. The lowest BCUT2D eigenvalue weighted by molar-refractivity contribution is 0.520. The average Bonchev–Trinajstić information content (AvgIpc) is 2.74. The standard InChI is InChI=1S/C10H17N7/c1-7(2)5-8(6-11)12-9-3-4-10-13-15-16-17(10)14-9/h3-4,7-8H,5-6,11H2,1-2H3,(H,12,14). The van der Waals surface area contributed by atoms with Gasteiger partial charge < -0.3 is 11.1 Å². The van der Waals surface area contributed by atoms with Gasteiger partial charge in [0.15, 0.2) is 5.65 Å². The molecule has 0 amide bonds. The first-order valence-corrected chi connectivity index (χ1v) is 5.71. The van der Waals surface area contributed by atoms with Crippen LogP contribution < -0.4 is 11.1 Å². The Morgan fingerprint density at radius 1 is 1.41 bits per heavy atom. The molecule has 7 nitrogen and oxygen atoms in total. The first-order valence-electron chi connectivity index (χ1n) is 5.71. The Kier molecular flexibility index (Phi) is 3.48. The number of fused-ring (bicyclic) bond motifs is 1. The predicted molar refractivity (Wildman–Crippen MR) is 64.5 cm³/mol. The number of nitrogens with two attached hydrogens (primary N) is 1. The Balaban J connectivity index is 2.10. The molecule has 2 aromatic rings. The van der Waals surface area contributed by atoms with Crippen LogP contribution in [-0.4, -0.2) is 37.8 Å². The van der Waals surface area contributed by atoms with Crippen LogP contribution in [0.2, 0.25) is 0 Å². The summed E-state index contributed by atoms with van der Waals surface area (Å²) < 4.78 is 1.39. The summed E-state index contributed by atoms with van der Waals surface area (Å²) in [4.78, 5) is 0. The summed E-state index contributed by atoms with van der Waals surface area (Å²) in [5.41, 5.74) is 6.35. The van der Waals surface area contributed by atoms with Gasteiger partial charge >= 0.3 is 0 Å². The molecule has 92 valence electrons. The minimum atomic E-state index is 0.219. The Bertz CT molecular complexity index is 478. The molecular weight excluding hydrogens is 218 g/mol. The first-order chi connectivity index (χ1) is 8.19. The summed E-state index contributed by atoms with van der Waals surface area (Å²) in [5.74, 6) is 1.33. The Morgan fingerprint density at radius 3 is 2.94 bits per heavy atom. The van der Waals surface area contributed by atoms with Crippen molar-refractivity contribution in [1.29, 1.82) is 0 Å². The third kappa shape index (κ3) is 2.88. The van der Waals surface area contributed by atoms with Gasteiger partial charge in [0.05, 0.1) is 0 Å². The summed E-state index contributed by atoms with van der Waals surface area (Å²) >= 11 is 0. The third-order valence-electron chi connectivity index (χ3n) is 2.46. The maximum absolute atomic E-state index is 5.72. The molecular formula is C10H17N7. The number of anilines is 1. The second kappa shape index (κ2) is 5.05. The zero-order chi connectivity index (χ0) is 12.3. The highest BCUT2D eigenvalue weighted by Gasteiger charge is 2.10. The number of nitrogens with zero attached hydrogens (tertiary/aromatic N) is 5. The van der Waals surface area contributed by atoms with Crippen LogP contribution >= 0.6 is 0 Å². The largest absolute Gasteiger partial charge is 0.365 e. The van der Waals surface area contributed by atoms with Crippen molar-refractivity contribution in [3.8, 4) is 0 Å². The van der Waals surface area contributed by atoms with E-state index in [4.69, 9.17) is 5.73 Å². The van der Waals surface area contributed by atoms with E-state index < -0.39 is 0 Å². The monoisotopic (exact) mass is 235 g/mol. The van der Waals surface area contributed by atoms with Gasteiger partial charge in [-0.25, -0.2) is 0 Å². The van der Waals surface area contributed by atoms with E-state index in [1.807, 2.05) is 12.1 Å². The molecule has 0 aliphatic carbocycles. The lowest BCUT2D eigenvalue weighted by Gasteiger charge is -2.18. The summed E-state index contributed by atoms with van der Waals surface area (Å²) in [5, 5.41) is 18.6. The van der Waals surface area contributed by atoms with Gasteiger partial charge in [-0.1, -0.05) is 13.8 Å². The number of tetrazole rings is 1. The zero-order valence-electron chi connectivity index (χ0n) is 10.0. The molecule has 3 N–H and O–H groups in total. The average molecular weight is 235 g/mol. The second-order valence-corrected chi connectivity index (χ2v) is 4.45. The second-order valence-electron chi connectivity index (χ2n) is 4.45. The van der Waals surface area contributed by atoms with Crippen molar-refractivity contribution in [1.82, 2.24) is 25.3 Å². The van der Waals surface area contributed by atoms with Crippen LogP contribution in [0, 0.1) is 5.92 Å². The van der Waals surface area contributed by atoms with Gasteiger partial charge in [0.1, 0.15) is 5.82 Å². The van der Waals surface area contributed by atoms with E-state index >= 15 is 0 Å². The predicted octanol–water partition coefficient (Wildman–Crippen LogP) is 0.305. The van der Waals surface area contributed by atoms with Crippen LogP contribution in [-0.2, 0) is 0 Å². The number of rotatable bonds is 5. The fraction of sp³-hybridized carbons (Fsp3) is 0.600. The van der Waals surface area contributed by atoms with Crippen LogP contribution in [0.15, 0.2) is 12.1 Å².